The van der Waals surface area contributed by atoms with E-state index in [9.17, 15) is 4.79 Å². The number of aryl methyl sites for hydroxylation is 2. The molecular weight excluding hydrogens is 336 g/mol. The zero-order chi connectivity index (χ0) is 19.4. The van der Waals surface area contributed by atoms with Gasteiger partial charge < -0.3 is 10.6 Å². The highest BCUT2D eigenvalue weighted by Gasteiger charge is 2.13. The number of anilines is 3. The van der Waals surface area contributed by atoms with Gasteiger partial charge in [-0.25, -0.2) is 9.97 Å². The number of carbonyl (C=O) groups excluding carboxylic acids is 1. The van der Waals surface area contributed by atoms with Crippen LogP contribution < -0.4 is 10.6 Å². The van der Waals surface area contributed by atoms with Gasteiger partial charge in [0.05, 0.1) is 0 Å². The van der Waals surface area contributed by atoms with Crippen molar-refractivity contribution in [3.63, 3.8) is 0 Å². The molecule has 27 heavy (non-hydrogen) atoms. The summed E-state index contributed by atoms with van der Waals surface area (Å²) in [5.74, 6) is 0.523. The highest BCUT2D eigenvalue weighted by atomic mass is 16.1. The van der Waals surface area contributed by atoms with Gasteiger partial charge >= 0.3 is 0 Å². The topological polar surface area (TPSA) is 66.9 Å². The number of hydrogen-bond acceptors (Lipinski definition) is 4. The monoisotopic (exact) mass is 360 g/mol. The lowest BCUT2D eigenvalue weighted by Gasteiger charge is -2.14. The fraction of sp³-hybridized carbons (Fsp3) is 0.227. The summed E-state index contributed by atoms with van der Waals surface area (Å²) in [4.78, 5) is 21.5. The van der Waals surface area contributed by atoms with Gasteiger partial charge in [-0.2, -0.15) is 0 Å². The number of para-hydroxylation sites is 2. The molecule has 5 nitrogen and oxygen atoms in total. The fourth-order valence-corrected chi connectivity index (χ4v) is 2.88. The molecule has 2 N–H and O–H groups in total. The van der Waals surface area contributed by atoms with Gasteiger partial charge in [0.1, 0.15) is 5.69 Å². The molecule has 1 aromatic heterocycles. The number of benzene rings is 2. The lowest BCUT2D eigenvalue weighted by Crippen LogP contribution is -2.16. The summed E-state index contributed by atoms with van der Waals surface area (Å²) in [5, 5.41) is 6.18. The summed E-state index contributed by atoms with van der Waals surface area (Å²) in [5.41, 5.74) is 4.95. The zero-order valence-electron chi connectivity index (χ0n) is 16.1. The van der Waals surface area contributed by atoms with E-state index >= 15 is 0 Å². The first-order valence-electron chi connectivity index (χ1n) is 9.02. The van der Waals surface area contributed by atoms with Crippen LogP contribution >= 0.6 is 0 Å². The van der Waals surface area contributed by atoms with Crippen molar-refractivity contribution in [2.24, 2.45) is 0 Å². The Morgan fingerprint density at radius 1 is 0.926 bits per heavy atom. The van der Waals surface area contributed by atoms with Crippen molar-refractivity contribution in [1.82, 2.24) is 9.97 Å². The van der Waals surface area contributed by atoms with Crippen LogP contribution in [0.15, 0.2) is 54.6 Å². The number of nitrogens with zero attached hydrogens (tertiary/aromatic N) is 2. The van der Waals surface area contributed by atoms with E-state index < -0.39 is 0 Å². The first-order valence-corrected chi connectivity index (χ1v) is 9.02. The first-order chi connectivity index (χ1) is 12.9. The Balaban J connectivity index is 1.87. The molecule has 0 saturated heterocycles. The maximum Gasteiger partial charge on any atom is 0.274 e. The molecule has 5 heteroatoms. The van der Waals surface area contributed by atoms with Gasteiger partial charge in [0.25, 0.3) is 5.91 Å². The lowest BCUT2D eigenvalue weighted by molar-refractivity contribution is 0.102. The van der Waals surface area contributed by atoms with E-state index in [0.29, 0.717) is 17.6 Å². The average molecular weight is 360 g/mol. The molecule has 0 saturated carbocycles. The van der Waals surface area contributed by atoms with Gasteiger partial charge in [-0.05, 0) is 49.1 Å². The van der Waals surface area contributed by atoms with E-state index in [1.54, 1.807) is 6.07 Å². The minimum absolute atomic E-state index is 0.255. The molecule has 1 heterocycles. The van der Waals surface area contributed by atoms with E-state index in [1.807, 2.05) is 56.3 Å². The first kappa shape index (κ1) is 18.6. The SMILES string of the molecule is Cc1cc(C(=O)Nc2ccccc2C)nc(Nc2ccccc2C(C)C)n1. The molecule has 0 aliphatic heterocycles. The minimum atomic E-state index is -0.255. The molecule has 138 valence electrons. The molecule has 0 atom stereocenters. The molecule has 0 bridgehead atoms. The second kappa shape index (κ2) is 7.99. The molecule has 0 fully saturated rings. The molecule has 3 rings (SSSR count). The van der Waals surface area contributed by atoms with Crippen LogP contribution in [0.2, 0.25) is 0 Å². The standard InChI is InChI=1S/C22H24N4O/c1-14(2)17-10-6-8-12-19(17)25-22-23-16(4)13-20(26-22)21(27)24-18-11-7-5-9-15(18)3/h5-14H,1-4H3,(H,24,27)(H,23,25,26). The van der Waals surface area contributed by atoms with Gasteiger partial charge in [0, 0.05) is 17.1 Å². The van der Waals surface area contributed by atoms with Crippen LogP contribution in [-0.2, 0) is 0 Å². The quantitative estimate of drug-likeness (QED) is 0.655. The smallest absolute Gasteiger partial charge is 0.274 e. The molecule has 0 unspecified atom stereocenters. The summed E-state index contributed by atoms with van der Waals surface area (Å²) in [6, 6.07) is 17.4. The molecule has 0 spiro atoms. The van der Waals surface area contributed by atoms with Crippen molar-refractivity contribution < 1.29 is 4.79 Å². The Morgan fingerprint density at radius 3 is 2.30 bits per heavy atom. The number of rotatable bonds is 5. The largest absolute Gasteiger partial charge is 0.324 e. The van der Waals surface area contributed by atoms with Crippen molar-refractivity contribution in [2.75, 3.05) is 10.6 Å². The van der Waals surface area contributed by atoms with Gasteiger partial charge in [0.15, 0.2) is 0 Å². The Kier molecular flexibility index (Phi) is 5.50. The number of amides is 1. The third-order valence-electron chi connectivity index (χ3n) is 4.31. The summed E-state index contributed by atoms with van der Waals surface area (Å²) < 4.78 is 0. The van der Waals surface area contributed by atoms with Crippen molar-refractivity contribution in [2.45, 2.75) is 33.6 Å². The minimum Gasteiger partial charge on any atom is -0.324 e. The molecule has 3 aromatic rings. The van der Waals surface area contributed by atoms with Crippen LogP contribution in [-0.4, -0.2) is 15.9 Å². The molecule has 2 aromatic carbocycles. The van der Waals surface area contributed by atoms with E-state index in [4.69, 9.17) is 0 Å². The van der Waals surface area contributed by atoms with E-state index in [0.717, 1.165) is 22.6 Å². The van der Waals surface area contributed by atoms with Crippen LogP contribution in [0.5, 0.6) is 0 Å². The fourth-order valence-electron chi connectivity index (χ4n) is 2.88. The summed E-state index contributed by atoms with van der Waals surface area (Å²) in [7, 11) is 0. The molecule has 1 amide bonds. The second-order valence-electron chi connectivity index (χ2n) is 6.85. The van der Waals surface area contributed by atoms with Gasteiger partial charge in [0.2, 0.25) is 5.95 Å². The van der Waals surface area contributed by atoms with Gasteiger partial charge in [-0.15, -0.1) is 0 Å². The average Bonchev–Trinajstić information content (AvgIpc) is 2.63. The van der Waals surface area contributed by atoms with Crippen LogP contribution in [0.25, 0.3) is 0 Å². The zero-order valence-corrected chi connectivity index (χ0v) is 16.1. The third-order valence-corrected chi connectivity index (χ3v) is 4.31. The van der Waals surface area contributed by atoms with Crippen molar-refractivity contribution in [3.05, 3.63) is 77.1 Å². The van der Waals surface area contributed by atoms with Crippen LogP contribution in [0.4, 0.5) is 17.3 Å². The van der Waals surface area contributed by atoms with Crippen LogP contribution in [0.3, 0.4) is 0 Å². The van der Waals surface area contributed by atoms with Crippen molar-refractivity contribution >= 4 is 23.2 Å². The normalized spacial score (nSPS) is 10.7. The predicted molar refractivity (Wildman–Crippen MR) is 110 cm³/mol. The number of aromatic nitrogens is 2. The number of carbonyl (C=O) groups is 1. The molecule has 0 radical (unpaired) electrons. The van der Waals surface area contributed by atoms with E-state index in [2.05, 4.69) is 40.5 Å². The van der Waals surface area contributed by atoms with E-state index in [-0.39, 0.29) is 5.91 Å². The molecular formula is C22H24N4O. The lowest BCUT2D eigenvalue weighted by atomic mass is 10.0. The Bertz CT molecular complexity index is 966. The number of hydrogen-bond donors (Lipinski definition) is 2. The second-order valence-corrected chi connectivity index (χ2v) is 6.85. The number of nitrogens with one attached hydrogen (secondary N) is 2. The van der Waals surface area contributed by atoms with Gasteiger partial charge in [-0.3, -0.25) is 4.79 Å². The highest BCUT2D eigenvalue weighted by Crippen LogP contribution is 2.26. The predicted octanol–water partition coefficient (Wildman–Crippen LogP) is 5.21. The van der Waals surface area contributed by atoms with Crippen LogP contribution in [0.1, 0.15) is 47.1 Å². The van der Waals surface area contributed by atoms with Crippen molar-refractivity contribution in [1.29, 1.82) is 0 Å². The van der Waals surface area contributed by atoms with E-state index in [1.165, 1.54) is 5.56 Å². The molecule has 0 aliphatic rings. The maximum absolute atomic E-state index is 12.7. The highest BCUT2D eigenvalue weighted by molar-refractivity contribution is 6.03. The van der Waals surface area contributed by atoms with Crippen LogP contribution in [0, 0.1) is 13.8 Å². The Labute approximate surface area is 159 Å². The summed E-state index contributed by atoms with van der Waals surface area (Å²) in [6.45, 7) is 8.08. The Morgan fingerprint density at radius 2 is 1.59 bits per heavy atom. The summed E-state index contributed by atoms with van der Waals surface area (Å²) >= 11 is 0. The van der Waals surface area contributed by atoms with Crippen molar-refractivity contribution in [3.8, 4) is 0 Å². The van der Waals surface area contributed by atoms with Gasteiger partial charge in [-0.1, -0.05) is 50.2 Å². The maximum atomic E-state index is 12.7. The summed E-state index contributed by atoms with van der Waals surface area (Å²) in [6.07, 6.45) is 0. The molecule has 0 aliphatic carbocycles. The Hall–Kier alpha value is -3.21. The third kappa shape index (κ3) is 4.50.